The van der Waals surface area contributed by atoms with Crippen LogP contribution in [-0.2, 0) is 26.7 Å². The predicted molar refractivity (Wildman–Crippen MR) is 166 cm³/mol. The average Bonchev–Trinajstić information content (AvgIpc) is 3.30. The molecule has 2 aromatic carbocycles. The molecule has 3 saturated heterocycles. The number of benzene rings is 2. The third-order valence-electron chi connectivity index (χ3n) is 10.2. The molecule has 0 saturated carbocycles. The van der Waals surface area contributed by atoms with Gasteiger partial charge in [0.05, 0.1) is 21.5 Å². The van der Waals surface area contributed by atoms with Gasteiger partial charge in [0, 0.05) is 36.6 Å². The fourth-order valence-corrected chi connectivity index (χ4v) is 9.93. The highest BCUT2D eigenvalue weighted by molar-refractivity contribution is 7.89. The van der Waals surface area contributed by atoms with E-state index in [4.69, 9.17) is 27.9 Å². The molecule has 228 valence electrons. The van der Waals surface area contributed by atoms with Crippen molar-refractivity contribution >= 4 is 39.3 Å². The van der Waals surface area contributed by atoms with Gasteiger partial charge >= 0.3 is 6.09 Å². The average molecular weight is 635 g/mol. The van der Waals surface area contributed by atoms with Crippen molar-refractivity contribution in [2.24, 2.45) is 0 Å². The van der Waals surface area contributed by atoms with Gasteiger partial charge in [-0.1, -0.05) is 60.3 Å². The molecule has 0 aliphatic carbocycles. The molecule has 42 heavy (non-hydrogen) atoms. The number of likely N-dealkylation sites (tertiary alicyclic amines) is 1. The Hall–Kier alpha value is -1.84. The molecular weight excluding hydrogens is 593 g/mol. The van der Waals surface area contributed by atoms with Crippen LogP contribution in [0.3, 0.4) is 0 Å². The van der Waals surface area contributed by atoms with E-state index in [1.807, 2.05) is 13.0 Å². The maximum atomic E-state index is 13.9. The van der Waals surface area contributed by atoms with Crippen LogP contribution in [0.15, 0.2) is 47.4 Å². The number of halogens is 2. The minimum atomic E-state index is -3.76. The molecule has 1 spiro atoms. The highest BCUT2D eigenvalue weighted by Gasteiger charge is 2.47. The third-order valence-corrected chi connectivity index (χ3v) is 12.7. The van der Waals surface area contributed by atoms with Gasteiger partial charge in [0.25, 0.3) is 0 Å². The topological polar surface area (TPSA) is 70.2 Å². The van der Waals surface area contributed by atoms with E-state index in [-0.39, 0.29) is 33.5 Å². The van der Waals surface area contributed by atoms with Crippen LogP contribution < -0.4 is 0 Å². The van der Waals surface area contributed by atoms with Crippen molar-refractivity contribution in [1.29, 1.82) is 0 Å². The molecule has 6 rings (SSSR count). The van der Waals surface area contributed by atoms with Crippen molar-refractivity contribution in [3.63, 3.8) is 0 Å². The van der Waals surface area contributed by atoms with Crippen LogP contribution in [0.2, 0.25) is 10.0 Å². The third kappa shape index (κ3) is 5.70. The van der Waals surface area contributed by atoms with E-state index in [2.05, 4.69) is 28.0 Å². The summed E-state index contributed by atoms with van der Waals surface area (Å²) >= 11 is 12.3. The predicted octanol–water partition coefficient (Wildman–Crippen LogP) is 6.85. The number of nitrogens with zero attached hydrogens (tertiary/aromatic N) is 3. The largest absolute Gasteiger partial charge is 0.450 e. The van der Waals surface area contributed by atoms with Gasteiger partial charge in [0.1, 0.15) is 0 Å². The molecule has 4 aliphatic rings. The normalized spacial score (nSPS) is 26.7. The maximum absolute atomic E-state index is 13.9. The summed E-state index contributed by atoms with van der Waals surface area (Å²) in [6.45, 7) is 4.91. The van der Waals surface area contributed by atoms with Gasteiger partial charge < -0.3 is 14.5 Å². The molecule has 7 nitrogen and oxygen atoms in total. The lowest BCUT2D eigenvalue weighted by Crippen LogP contribution is -2.55. The molecule has 0 radical (unpaired) electrons. The number of carbonyl (C=O) groups excluding carboxylic acids is 1. The first-order chi connectivity index (χ1) is 20.2. The zero-order valence-electron chi connectivity index (χ0n) is 24.3. The molecule has 3 atom stereocenters. The maximum Gasteiger partial charge on any atom is 0.410 e. The van der Waals surface area contributed by atoms with Gasteiger partial charge in [0.2, 0.25) is 10.0 Å². The van der Waals surface area contributed by atoms with Crippen LogP contribution in [-0.4, -0.2) is 73.0 Å². The summed E-state index contributed by atoms with van der Waals surface area (Å²) < 4.78 is 34.9. The highest BCUT2D eigenvalue weighted by atomic mass is 35.5. The van der Waals surface area contributed by atoms with Gasteiger partial charge in [-0.25, -0.2) is 13.2 Å². The molecule has 3 unspecified atom stereocenters. The van der Waals surface area contributed by atoms with Crippen molar-refractivity contribution in [2.45, 2.75) is 99.7 Å². The van der Waals surface area contributed by atoms with Gasteiger partial charge in [-0.05, 0) is 94.3 Å². The molecule has 4 heterocycles. The minimum absolute atomic E-state index is 0.144. The Morgan fingerprint density at radius 2 is 1.67 bits per heavy atom. The molecule has 2 aromatic rings. The van der Waals surface area contributed by atoms with Crippen LogP contribution in [0, 0.1) is 0 Å². The van der Waals surface area contributed by atoms with Gasteiger partial charge in [-0.15, -0.1) is 0 Å². The minimum Gasteiger partial charge on any atom is -0.450 e. The monoisotopic (exact) mass is 633 g/mol. The Morgan fingerprint density at radius 3 is 2.40 bits per heavy atom. The summed E-state index contributed by atoms with van der Waals surface area (Å²) in [5.41, 5.74) is 2.11. The van der Waals surface area contributed by atoms with E-state index in [0.29, 0.717) is 30.8 Å². The van der Waals surface area contributed by atoms with Crippen molar-refractivity contribution in [3.8, 4) is 0 Å². The van der Waals surface area contributed by atoms with E-state index in [1.165, 1.54) is 18.1 Å². The SMILES string of the molecule is CCOC(=O)N1C2CCCCC1CC(N1CCC3(CC1)CN(S(=O)(=O)c1ccc(Cl)c(Cl)c1)Cc1ccccc13)CC2. The van der Waals surface area contributed by atoms with E-state index in [9.17, 15) is 13.2 Å². The Bertz CT molecular complexity index is 1410. The summed E-state index contributed by atoms with van der Waals surface area (Å²) in [6.07, 6.45) is 9.16. The molecular formula is C32H41Cl2N3O4S. The van der Waals surface area contributed by atoms with Crippen molar-refractivity contribution in [2.75, 3.05) is 26.2 Å². The number of sulfonamides is 1. The van der Waals surface area contributed by atoms with Crippen molar-refractivity contribution in [3.05, 3.63) is 63.6 Å². The summed E-state index contributed by atoms with van der Waals surface area (Å²) in [5, 5.41) is 0.579. The molecule has 4 aliphatic heterocycles. The van der Waals surface area contributed by atoms with E-state index >= 15 is 0 Å². The quantitative estimate of drug-likeness (QED) is 0.368. The molecule has 2 bridgehead atoms. The van der Waals surface area contributed by atoms with Crippen LogP contribution in [0.5, 0.6) is 0 Å². The Morgan fingerprint density at radius 1 is 0.952 bits per heavy atom. The number of hydrogen-bond donors (Lipinski definition) is 0. The smallest absolute Gasteiger partial charge is 0.410 e. The Labute approximate surface area is 260 Å². The lowest BCUT2D eigenvalue weighted by atomic mass is 9.69. The lowest BCUT2D eigenvalue weighted by Gasteiger charge is -2.49. The molecule has 10 heteroatoms. The van der Waals surface area contributed by atoms with Crippen molar-refractivity contribution < 1.29 is 17.9 Å². The van der Waals surface area contributed by atoms with Crippen LogP contribution in [0.25, 0.3) is 0 Å². The van der Waals surface area contributed by atoms with Gasteiger partial charge in [-0.3, -0.25) is 0 Å². The number of piperidine rings is 1. The Kier molecular flexibility index (Phi) is 8.83. The standard InChI is InChI=1S/C32H41Cl2N3O4S/c1-2-41-31(38)37-24-8-4-5-9-26(37)19-25(12-11-24)35-17-15-32(16-18-35)22-36(21-23-7-3-6-10-28(23)32)42(39,40)27-13-14-29(33)30(34)20-27/h3,6-7,10,13-14,20,24-26H,2,4-5,8-9,11-12,15-19,21-22H2,1H3. The number of amides is 1. The fraction of sp³-hybridized carbons (Fsp3) is 0.594. The summed E-state index contributed by atoms with van der Waals surface area (Å²) in [7, 11) is -3.76. The van der Waals surface area contributed by atoms with Gasteiger partial charge in [0.15, 0.2) is 0 Å². The second-order valence-electron chi connectivity index (χ2n) is 12.5. The second-order valence-corrected chi connectivity index (χ2v) is 15.2. The van der Waals surface area contributed by atoms with E-state index < -0.39 is 10.0 Å². The lowest BCUT2D eigenvalue weighted by molar-refractivity contribution is 0.0617. The molecule has 0 N–H and O–H groups in total. The number of fused-ring (bicyclic) bond motifs is 4. The number of rotatable bonds is 4. The molecule has 0 aromatic heterocycles. The fourth-order valence-electron chi connectivity index (χ4n) is 8.04. The first-order valence-electron chi connectivity index (χ1n) is 15.4. The van der Waals surface area contributed by atoms with Gasteiger partial charge in [-0.2, -0.15) is 4.31 Å². The number of hydrogen-bond acceptors (Lipinski definition) is 5. The summed E-state index contributed by atoms with van der Waals surface area (Å²) in [5.74, 6) is 0. The van der Waals surface area contributed by atoms with E-state index in [0.717, 1.165) is 70.0 Å². The van der Waals surface area contributed by atoms with Crippen LogP contribution >= 0.6 is 23.2 Å². The molecule has 1 amide bonds. The number of carbonyl (C=O) groups is 1. The number of ether oxygens (including phenoxy) is 1. The Balaban J connectivity index is 1.22. The summed E-state index contributed by atoms with van der Waals surface area (Å²) in [6, 6.07) is 13.8. The zero-order chi connectivity index (χ0) is 29.5. The van der Waals surface area contributed by atoms with Crippen LogP contribution in [0.1, 0.15) is 75.8 Å². The highest BCUT2D eigenvalue weighted by Crippen LogP contribution is 2.45. The van der Waals surface area contributed by atoms with Crippen molar-refractivity contribution in [1.82, 2.24) is 14.1 Å². The first kappa shape index (κ1) is 30.2. The molecule has 3 fully saturated rings. The van der Waals surface area contributed by atoms with E-state index in [1.54, 1.807) is 16.4 Å². The zero-order valence-corrected chi connectivity index (χ0v) is 26.6. The summed E-state index contributed by atoms with van der Waals surface area (Å²) in [4.78, 5) is 17.9. The first-order valence-corrected chi connectivity index (χ1v) is 17.6. The van der Waals surface area contributed by atoms with Crippen LogP contribution in [0.4, 0.5) is 4.79 Å². The second kappa shape index (κ2) is 12.3.